The largest absolute Gasteiger partial charge is 0.496 e. The van der Waals surface area contributed by atoms with Crippen molar-refractivity contribution in [2.75, 3.05) is 20.3 Å². The first-order chi connectivity index (χ1) is 13.2. The quantitative estimate of drug-likeness (QED) is 0.619. The van der Waals surface area contributed by atoms with Crippen molar-refractivity contribution in [3.63, 3.8) is 0 Å². The predicted molar refractivity (Wildman–Crippen MR) is 113 cm³/mol. The fraction of sp³-hybridized carbons (Fsp3) is 0.455. The molecule has 0 aliphatic carbocycles. The zero-order chi connectivity index (χ0) is 20.9. The van der Waals surface area contributed by atoms with Gasteiger partial charge in [0.1, 0.15) is 18.1 Å². The maximum Gasteiger partial charge on any atom is 0.240 e. The molecule has 154 valence electrons. The molecule has 2 rings (SSSR count). The van der Waals surface area contributed by atoms with Gasteiger partial charge in [-0.25, -0.2) is 13.1 Å². The average molecular weight is 406 g/mol. The van der Waals surface area contributed by atoms with Crippen LogP contribution in [0.5, 0.6) is 11.5 Å². The van der Waals surface area contributed by atoms with E-state index in [1.165, 1.54) is 0 Å². The van der Waals surface area contributed by atoms with Crippen molar-refractivity contribution < 1.29 is 17.9 Å². The Morgan fingerprint density at radius 1 is 0.964 bits per heavy atom. The second kappa shape index (κ2) is 9.43. The number of sulfonamides is 1. The third-order valence-corrected chi connectivity index (χ3v) is 6.23. The number of nitrogens with one attached hydrogen (secondary N) is 1. The minimum absolute atomic E-state index is 0.153. The van der Waals surface area contributed by atoms with Crippen LogP contribution >= 0.6 is 0 Å². The van der Waals surface area contributed by atoms with Crippen LogP contribution in [0.3, 0.4) is 0 Å². The van der Waals surface area contributed by atoms with E-state index in [4.69, 9.17) is 9.47 Å². The lowest BCUT2D eigenvalue weighted by Crippen LogP contribution is -2.29. The molecule has 0 spiro atoms. The molecule has 0 radical (unpaired) electrons. The van der Waals surface area contributed by atoms with Crippen LogP contribution < -0.4 is 14.2 Å². The fourth-order valence-electron chi connectivity index (χ4n) is 3.10. The van der Waals surface area contributed by atoms with E-state index in [9.17, 15) is 8.42 Å². The Morgan fingerprint density at radius 2 is 1.61 bits per heavy atom. The van der Waals surface area contributed by atoms with E-state index in [0.717, 1.165) is 16.9 Å². The molecule has 28 heavy (non-hydrogen) atoms. The first kappa shape index (κ1) is 22.2. The van der Waals surface area contributed by atoms with Crippen molar-refractivity contribution in [3.8, 4) is 11.5 Å². The van der Waals surface area contributed by atoms with Gasteiger partial charge < -0.3 is 9.47 Å². The van der Waals surface area contributed by atoms with Crippen LogP contribution in [0, 0.1) is 6.92 Å². The standard InChI is InChI=1S/C22H31NO4S/c1-15(2)18-9-7-8-10-20(18)27-12-11-23-28(24,25)22-14-19(16(3)4)21(26-6)13-17(22)5/h7-10,13-16,23H,11-12H2,1-6H3. The molecular weight excluding hydrogens is 374 g/mol. The lowest BCUT2D eigenvalue weighted by atomic mass is 10.0. The van der Waals surface area contributed by atoms with Crippen LogP contribution in [-0.4, -0.2) is 28.7 Å². The number of rotatable bonds is 9. The summed E-state index contributed by atoms with van der Waals surface area (Å²) < 4.78 is 39.5. The van der Waals surface area contributed by atoms with E-state index in [0.29, 0.717) is 17.2 Å². The van der Waals surface area contributed by atoms with Gasteiger partial charge in [-0.15, -0.1) is 0 Å². The highest BCUT2D eigenvalue weighted by atomic mass is 32.2. The monoisotopic (exact) mass is 405 g/mol. The topological polar surface area (TPSA) is 64.6 Å². The summed E-state index contributed by atoms with van der Waals surface area (Å²) in [5.74, 6) is 1.99. The van der Waals surface area contributed by atoms with Crippen LogP contribution in [0.4, 0.5) is 0 Å². The second-order valence-electron chi connectivity index (χ2n) is 7.45. The molecule has 1 N–H and O–H groups in total. The Morgan fingerprint density at radius 3 is 2.21 bits per heavy atom. The van der Waals surface area contributed by atoms with Crippen LogP contribution in [0.2, 0.25) is 0 Å². The molecule has 0 aliphatic heterocycles. The third-order valence-electron chi connectivity index (χ3n) is 4.63. The zero-order valence-corrected chi connectivity index (χ0v) is 18.4. The highest BCUT2D eigenvalue weighted by Crippen LogP contribution is 2.31. The Balaban J connectivity index is 2.10. The molecule has 0 bridgehead atoms. The molecule has 6 heteroatoms. The van der Waals surface area contributed by atoms with Gasteiger partial charge in [0.15, 0.2) is 0 Å². The SMILES string of the molecule is COc1cc(C)c(S(=O)(=O)NCCOc2ccccc2C(C)C)cc1C(C)C. The first-order valence-corrected chi connectivity index (χ1v) is 11.1. The van der Waals surface area contributed by atoms with E-state index in [2.05, 4.69) is 18.6 Å². The molecular formula is C22H31NO4S. The van der Waals surface area contributed by atoms with E-state index in [-0.39, 0.29) is 24.0 Å². The molecule has 0 atom stereocenters. The molecule has 0 aliphatic rings. The summed E-state index contributed by atoms with van der Waals surface area (Å²) in [5.41, 5.74) is 2.63. The van der Waals surface area contributed by atoms with E-state index in [1.54, 1.807) is 26.2 Å². The molecule has 5 nitrogen and oxygen atoms in total. The van der Waals surface area contributed by atoms with E-state index < -0.39 is 10.0 Å². The van der Waals surface area contributed by atoms with Crippen molar-refractivity contribution in [1.82, 2.24) is 4.72 Å². The van der Waals surface area contributed by atoms with Gasteiger partial charge in [-0.2, -0.15) is 0 Å². The van der Waals surface area contributed by atoms with Crippen molar-refractivity contribution in [3.05, 3.63) is 53.1 Å². The van der Waals surface area contributed by atoms with E-state index in [1.807, 2.05) is 38.1 Å². The Hall–Kier alpha value is -2.05. The molecule has 0 fully saturated rings. The zero-order valence-electron chi connectivity index (χ0n) is 17.6. The maximum absolute atomic E-state index is 12.8. The third kappa shape index (κ3) is 5.26. The van der Waals surface area contributed by atoms with Gasteiger partial charge in [0, 0.05) is 6.54 Å². The van der Waals surface area contributed by atoms with Crippen LogP contribution in [-0.2, 0) is 10.0 Å². The summed E-state index contributed by atoms with van der Waals surface area (Å²) in [6, 6.07) is 11.3. The minimum atomic E-state index is -3.64. The summed E-state index contributed by atoms with van der Waals surface area (Å²) in [7, 11) is -2.04. The molecule has 2 aromatic carbocycles. The van der Waals surface area contributed by atoms with Gasteiger partial charge >= 0.3 is 0 Å². The molecule has 0 aromatic heterocycles. The highest BCUT2D eigenvalue weighted by molar-refractivity contribution is 7.89. The van der Waals surface area contributed by atoms with Crippen molar-refractivity contribution in [2.24, 2.45) is 0 Å². The number of hydrogen-bond acceptors (Lipinski definition) is 4. The number of hydrogen-bond donors (Lipinski definition) is 1. The van der Waals surface area contributed by atoms with Gasteiger partial charge in [0.25, 0.3) is 0 Å². The second-order valence-corrected chi connectivity index (χ2v) is 9.19. The summed E-state index contributed by atoms with van der Waals surface area (Å²) in [6.07, 6.45) is 0. The maximum atomic E-state index is 12.8. The van der Waals surface area contributed by atoms with Crippen LogP contribution in [0.1, 0.15) is 56.2 Å². The van der Waals surface area contributed by atoms with Gasteiger partial charge in [0.05, 0.1) is 12.0 Å². The average Bonchev–Trinajstić information content (AvgIpc) is 2.64. The lowest BCUT2D eigenvalue weighted by Gasteiger charge is -2.17. The number of ether oxygens (including phenoxy) is 2. The number of methoxy groups -OCH3 is 1. The Kier molecular flexibility index (Phi) is 7.49. The molecule has 0 saturated heterocycles. The predicted octanol–water partition coefficient (Wildman–Crippen LogP) is 4.61. The highest BCUT2D eigenvalue weighted by Gasteiger charge is 2.20. The summed E-state index contributed by atoms with van der Waals surface area (Å²) in [6.45, 7) is 10.4. The number of aryl methyl sites for hydroxylation is 1. The Labute approximate surface area is 169 Å². The van der Waals surface area contributed by atoms with Gasteiger partial charge in [-0.05, 0) is 53.6 Å². The summed E-state index contributed by atoms with van der Waals surface area (Å²) in [4.78, 5) is 0.277. The normalized spacial score (nSPS) is 11.9. The number of para-hydroxylation sites is 1. The van der Waals surface area contributed by atoms with Crippen molar-refractivity contribution >= 4 is 10.0 Å². The van der Waals surface area contributed by atoms with Gasteiger partial charge in [-0.1, -0.05) is 45.9 Å². The van der Waals surface area contributed by atoms with Gasteiger partial charge in [0.2, 0.25) is 10.0 Å². The molecule has 0 heterocycles. The van der Waals surface area contributed by atoms with Crippen molar-refractivity contribution in [2.45, 2.75) is 51.3 Å². The van der Waals surface area contributed by atoms with Crippen molar-refractivity contribution in [1.29, 1.82) is 0 Å². The van der Waals surface area contributed by atoms with Crippen LogP contribution in [0.15, 0.2) is 41.3 Å². The first-order valence-electron chi connectivity index (χ1n) is 9.57. The Bertz CT molecular complexity index is 905. The molecule has 2 aromatic rings. The fourth-order valence-corrected chi connectivity index (χ4v) is 4.37. The smallest absolute Gasteiger partial charge is 0.240 e. The van der Waals surface area contributed by atoms with Crippen LogP contribution in [0.25, 0.3) is 0 Å². The summed E-state index contributed by atoms with van der Waals surface area (Å²) in [5, 5.41) is 0. The molecule has 0 amide bonds. The van der Waals surface area contributed by atoms with E-state index >= 15 is 0 Å². The number of benzene rings is 2. The minimum Gasteiger partial charge on any atom is -0.496 e. The molecule has 0 unspecified atom stereocenters. The molecule has 0 saturated carbocycles. The van der Waals surface area contributed by atoms with Gasteiger partial charge in [-0.3, -0.25) is 0 Å². The lowest BCUT2D eigenvalue weighted by molar-refractivity contribution is 0.318. The summed E-state index contributed by atoms with van der Waals surface area (Å²) >= 11 is 0.